The smallest absolute Gasteiger partial charge is 0.272 e. The SMILES string of the molecule is C=C(C)CNC(N)=NCc1cccc(OCC(F)F)c1. The van der Waals surface area contributed by atoms with Gasteiger partial charge in [-0.1, -0.05) is 24.3 Å². The van der Waals surface area contributed by atoms with Crippen LogP contribution in [0.3, 0.4) is 0 Å². The van der Waals surface area contributed by atoms with Crippen LogP contribution in [0.15, 0.2) is 41.4 Å². The van der Waals surface area contributed by atoms with E-state index in [2.05, 4.69) is 16.9 Å². The van der Waals surface area contributed by atoms with Gasteiger partial charge in [0.15, 0.2) is 5.96 Å². The van der Waals surface area contributed by atoms with Gasteiger partial charge in [0.1, 0.15) is 12.4 Å². The number of hydrogen-bond acceptors (Lipinski definition) is 2. The number of alkyl halides is 2. The van der Waals surface area contributed by atoms with E-state index in [1.54, 1.807) is 18.2 Å². The maximum absolute atomic E-state index is 12.0. The molecule has 0 fully saturated rings. The Morgan fingerprint density at radius 2 is 2.25 bits per heavy atom. The first-order chi connectivity index (χ1) is 9.47. The number of rotatable bonds is 7. The van der Waals surface area contributed by atoms with E-state index >= 15 is 0 Å². The molecular formula is C14H19F2N3O. The number of hydrogen-bond donors (Lipinski definition) is 2. The monoisotopic (exact) mass is 283 g/mol. The molecule has 1 aromatic carbocycles. The summed E-state index contributed by atoms with van der Waals surface area (Å²) in [4.78, 5) is 4.14. The van der Waals surface area contributed by atoms with Crippen molar-refractivity contribution in [1.82, 2.24) is 5.32 Å². The largest absolute Gasteiger partial charge is 0.488 e. The zero-order chi connectivity index (χ0) is 15.0. The van der Waals surface area contributed by atoms with Gasteiger partial charge >= 0.3 is 0 Å². The third kappa shape index (κ3) is 6.72. The molecule has 110 valence electrons. The summed E-state index contributed by atoms with van der Waals surface area (Å²) in [5.74, 6) is 0.707. The summed E-state index contributed by atoms with van der Waals surface area (Å²) in [6, 6.07) is 6.84. The zero-order valence-corrected chi connectivity index (χ0v) is 11.4. The first kappa shape index (κ1) is 15.9. The number of nitrogens with one attached hydrogen (secondary N) is 1. The number of benzene rings is 1. The fraction of sp³-hybridized carbons (Fsp3) is 0.357. The Morgan fingerprint density at radius 1 is 1.50 bits per heavy atom. The van der Waals surface area contributed by atoms with Crippen LogP contribution in [0, 0.1) is 0 Å². The van der Waals surface area contributed by atoms with E-state index in [9.17, 15) is 8.78 Å². The highest BCUT2D eigenvalue weighted by Gasteiger charge is 2.03. The van der Waals surface area contributed by atoms with Gasteiger partial charge in [-0.2, -0.15) is 0 Å². The van der Waals surface area contributed by atoms with Gasteiger partial charge < -0.3 is 15.8 Å². The van der Waals surface area contributed by atoms with Gasteiger partial charge in [-0.3, -0.25) is 0 Å². The Labute approximate surface area is 117 Å². The van der Waals surface area contributed by atoms with Crippen molar-refractivity contribution in [2.45, 2.75) is 19.9 Å². The predicted molar refractivity (Wildman–Crippen MR) is 76.1 cm³/mol. The van der Waals surface area contributed by atoms with Crippen LogP contribution in [-0.2, 0) is 6.54 Å². The van der Waals surface area contributed by atoms with Crippen LogP contribution < -0.4 is 15.8 Å². The van der Waals surface area contributed by atoms with E-state index in [0.29, 0.717) is 24.8 Å². The molecule has 4 nitrogen and oxygen atoms in total. The van der Waals surface area contributed by atoms with Gasteiger partial charge in [0, 0.05) is 6.54 Å². The maximum atomic E-state index is 12.0. The fourth-order valence-corrected chi connectivity index (χ4v) is 1.37. The lowest BCUT2D eigenvalue weighted by Gasteiger charge is -2.07. The van der Waals surface area contributed by atoms with Gasteiger partial charge in [-0.25, -0.2) is 13.8 Å². The van der Waals surface area contributed by atoms with E-state index < -0.39 is 13.0 Å². The Kier molecular flexibility index (Phi) is 6.49. The summed E-state index contributed by atoms with van der Waals surface area (Å²) in [5, 5.41) is 2.90. The Balaban J connectivity index is 2.53. The van der Waals surface area contributed by atoms with E-state index in [4.69, 9.17) is 10.5 Å². The van der Waals surface area contributed by atoms with Crippen LogP contribution >= 0.6 is 0 Å². The van der Waals surface area contributed by atoms with Gasteiger partial charge in [0.25, 0.3) is 6.43 Å². The highest BCUT2D eigenvalue weighted by atomic mass is 19.3. The first-order valence-corrected chi connectivity index (χ1v) is 6.15. The van der Waals surface area contributed by atoms with Crippen LogP contribution in [0.4, 0.5) is 8.78 Å². The predicted octanol–water partition coefficient (Wildman–Crippen LogP) is 2.31. The van der Waals surface area contributed by atoms with E-state index in [1.165, 1.54) is 0 Å². The summed E-state index contributed by atoms with van der Waals surface area (Å²) in [7, 11) is 0. The Morgan fingerprint density at radius 3 is 2.90 bits per heavy atom. The molecule has 0 heterocycles. The van der Waals surface area contributed by atoms with Gasteiger partial charge in [-0.05, 0) is 24.6 Å². The van der Waals surface area contributed by atoms with Gasteiger partial charge in [0.05, 0.1) is 6.54 Å². The molecule has 0 aliphatic rings. The molecule has 20 heavy (non-hydrogen) atoms. The number of halogens is 2. The molecule has 0 unspecified atom stereocenters. The second-order valence-corrected chi connectivity index (χ2v) is 4.36. The lowest BCUT2D eigenvalue weighted by Crippen LogP contribution is -2.32. The third-order valence-electron chi connectivity index (χ3n) is 2.28. The molecule has 0 aliphatic heterocycles. The van der Waals surface area contributed by atoms with Gasteiger partial charge in [-0.15, -0.1) is 0 Å². The minimum absolute atomic E-state index is 0.312. The highest BCUT2D eigenvalue weighted by molar-refractivity contribution is 5.78. The molecule has 0 spiro atoms. The quantitative estimate of drug-likeness (QED) is 0.458. The second-order valence-electron chi connectivity index (χ2n) is 4.36. The second kappa shape index (κ2) is 8.14. The van der Waals surface area contributed by atoms with Crippen molar-refractivity contribution in [2.75, 3.05) is 13.2 Å². The molecule has 1 rings (SSSR count). The Bertz CT molecular complexity index is 475. The molecule has 0 aliphatic carbocycles. The van der Waals surface area contributed by atoms with E-state index in [0.717, 1.165) is 11.1 Å². The first-order valence-electron chi connectivity index (χ1n) is 6.15. The molecule has 3 N–H and O–H groups in total. The molecule has 0 radical (unpaired) electrons. The molecule has 0 saturated carbocycles. The van der Waals surface area contributed by atoms with Crippen molar-refractivity contribution in [2.24, 2.45) is 10.7 Å². The summed E-state index contributed by atoms with van der Waals surface area (Å²) in [6.45, 7) is 5.91. The van der Waals surface area contributed by atoms with Crippen molar-refractivity contribution in [3.63, 3.8) is 0 Å². The highest BCUT2D eigenvalue weighted by Crippen LogP contribution is 2.14. The molecule has 0 saturated heterocycles. The van der Waals surface area contributed by atoms with Gasteiger partial charge in [0.2, 0.25) is 0 Å². The third-order valence-corrected chi connectivity index (χ3v) is 2.28. The maximum Gasteiger partial charge on any atom is 0.272 e. The van der Waals surface area contributed by atoms with Crippen molar-refractivity contribution < 1.29 is 13.5 Å². The minimum Gasteiger partial charge on any atom is -0.488 e. The molecule has 0 aromatic heterocycles. The van der Waals surface area contributed by atoms with Crippen molar-refractivity contribution >= 4 is 5.96 Å². The minimum atomic E-state index is -2.49. The molecular weight excluding hydrogens is 264 g/mol. The standard InChI is InChI=1S/C14H19F2N3O/c1-10(2)7-18-14(17)19-8-11-4-3-5-12(6-11)20-9-13(15)16/h3-6,13H,1,7-9H2,2H3,(H3,17,18,19). The van der Waals surface area contributed by atoms with Crippen LogP contribution in [0.2, 0.25) is 0 Å². The number of nitrogens with two attached hydrogens (primary N) is 1. The van der Waals surface area contributed by atoms with Crippen molar-refractivity contribution in [3.8, 4) is 5.75 Å². The molecule has 0 bridgehead atoms. The number of ether oxygens (including phenoxy) is 1. The average molecular weight is 283 g/mol. The number of aliphatic imine (C=N–C) groups is 1. The molecule has 0 atom stereocenters. The topological polar surface area (TPSA) is 59.6 Å². The Hall–Kier alpha value is -2.11. The van der Waals surface area contributed by atoms with Crippen LogP contribution in [0.25, 0.3) is 0 Å². The fourth-order valence-electron chi connectivity index (χ4n) is 1.37. The van der Waals surface area contributed by atoms with Crippen LogP contribution in [0.5, 0.6) is 5.75 Å². The van der Waals surface area contributed by atoms with Crippen LogP contribution in [0.1, 0.15) is 12.5 Å². The molecule has 0 amide bonds. The lowest BCUT2D eigenvalue weighted by atomic mass is 10.2. The lowest BCUT2D eigenvalue weighted by molar-refractivity contribution is 0.0818. The summed E-state index contributed by atoms with van der Waals surface area (Å²) in [5.41, 5.74) is 7.45. The summed E-state index contributed by atoms with van der Waals surface area (Å²) in [6.07, 6.45) is -2.49. The molecule has 1 aromatic rings. The average Bonchev–Trinajstić information content (AvgIpc) is 2.41. The van der Waals surface area contributed by atoms with Crippen LogP contribution in [-0.4, -0.2) is 25.5 Å². The van der Waals surface area contributed by atoms with E-state index in [-0.39, 0.29) is 0 Å². The summed E-state index contributed by atoms with van der Waals surface area (Å²) >= 11 is 0. The number of guanidine groups is 1. The van der Waals surface area contributed by atoms with Crippen molar-refractivity contribution in [1.29, 1.82) is 0 Å². The normalized spacial score (nSPS) is 11.5. The zero-order valence-electron chi connectivity index (χ0n) is 11.4. The molecule has 6 heteroatoms. The van der Waals surface area contributed by atoms with Crippen molar-refractivity contribution in [3.05, 3.63) is 42.0 Å². The van der Waals surface area contributed by atoms with E-state index in [1.807, 2.05) is 13.0 Å². The number of nitrogens with zero attached hydrogens (tertiary/aromatic N) is 1. The summed E-state index contributed by atoms with van der Waals surface area (Å²) < 4.78 is 29.0.